The molecule has 1 amide bonds. The Labute approximate surface area is 160 Å². The molecular formula is C21H27N5O. The minimum Gasteiger partial charge on any atom is -0.341 e. The molecule has 0 radical (unpaired) electrons. The molecule has 27 heavy (non-hydrogen) atoms. The van der Waals surface area contributed by atoms with E-state index >= 15 is 0 Å². The van der Waals surface area contributed by atoms with Crippen molar-refractivity contribution < 1.29 is 4.79 Å². The topological polar surface area (TPSA) is 75.4 Å². The number of piperidine rings is 1. The second kappa shape index (κ2) is 7.64. The molecule has 142 valence electrons. The second-order valence-electron chi connectivity index (χ2n) is 7.61. The third-order valence-corrected chi connectivity index (χ3v) is 5.72. The third kappa shape index (κ3) is 3.67. The maximum absolute atomic E-state index is 13.1. The smallest absolute Gasteiger partial charge is 0.257 e. The predicted molar refractivity (Wildman–Crippen MR) is 106 cm³/mol. The molecule has 2 fully saturated rings. The number of amides is 1. The van der Waals surface area contributed by atoms with Crippen LogP contribution in [-0.4, -0.2) is 53.0 Å². The Kier molecular flexibility index (Phi) is 5.07. The number of rotatable bonds is 3. The molecule has 6 heteroatoms. The molecule has 2 N–H and O–H groups in total. The van der Waals surface area contributed by atoms with Gasteiger partial charge in [-0.25, -0.2) is 9.97 Å². The first-order valence-electron chi connectivity index (χ1n) is 9.82. The Morgan fingerprint density at radius 2 is 1.85 bits per heavy atom. The van der Waals surface area contributed by atoms with E-state index in [1.165, 1.54) is 24.8 Å². The third-order valence-electron chi connectivity index (χ3n) is 5.72. The van der Waals surface area contributed by atoms with Crippen LogP contribution in [0.25, 0.3) is 0 Å². The summed E-state index contributed by atoms with van der Waals surface area (Å²) in [4.78, 5) is 26.2. The van der Waals surface area contributed by atoms with Gasteiger partial charge in [-0.15, -0.1) is 0 Å². The molecule has 0 aliphatic carbocycles. The summed E-state index contributed by atoms with van der Waals surface area (Å²) in [5.41, 5.74) is 8.86. The summed E-state index contributed by atoms with van der Waals surface area (Å²) in [5.74, 6) is 0.889. The van der Waals surface area contributed by atoms with E-state index in [1.807, 2.05) is 30.0 Å². The number of hydrogen-bond donors (Lipinski definition) is 1. The highest BCUT2D eigenvalue weighted by molar-refractivity contribution is 5.95. The normalized spacial score (nSPS) is 22.9. The van der Waals surface area contributed by atoms with Crippen molar-refractivity contribution in [1.29, 1.82) is 0 Å². The molecular weight excluding hydrogens is 338 g/mol. The monoisotopic (exact) mass is 365 g/mol. The number of carbonyl (C=O) groups excluding carboxylic acids is 1. The number of benzene rings is 1. The van der Waals surface area contributed by atoms with Crippen LogP contribution in [0.4, 0.5) is 5.95 Å². The zero-order chi connectivity index (χ0) is 18.8. The van der Waals surface area contributed by atoms with Gasteiger partial charge in [0.25, 0.3) is 5.91 Å². The lowest BCUT2D eigenvalue weighted by molar-refractivity contribution is 0.0787. The molecule has 6 nitrogen and oxygen atoms in total. The Balaban J connectivity index is 1.49. The van der Waals surface area contributed by atoms with Crippen molar-refractivity contribution >= 4 is 11.9 Å². The van der Waals surface area contributed by atoms with Crippen LogP contribution in [0.1, 0.15) is 46.8 Å². The van der Waals surface area contributed by atoms with Crippen molar-refractivity contribution in [2.75, 3.05) is 31.1 Å². The van der Waals surface area contributed by atoms with E-state index in [0.29, 0.717) is 18.7 Å². The molecule has 0 saturated carbocycles. The highest BCUT2D eigenvalue weighted by Crippen LogP contribution is 2.28. The second-order valence-corrected chi connectivity index (χ2v) is 7.61. The summed E-state index contributed by atoms with van der Waals surface area (Å²) in [7, 11) is 0. The van der Waals surface area contributed by atoms with Crippen molar-refractivity contribution in [2.45, 2.75) is 38.1 Å². The highest BCUT2D eigenvalue weighted by Gasteiger charge is 2.35. The van der Waals surface area contributed by atoms with Crippen LogP contribution in [0.15, 0.2) is 36.5 Å². The molecule has 2 unspecified atom stereocenters. The fraction of sp³-hybridized carbons (Fsp3) is 0.476. The maximum Gasteiger partial charge on any atom is 0.257 e. The first kappa shape index (κ1) is 17.9. The lowest BCUT2D eigenvalue weighted by atomic mass is 9.95. The van der Waals surface area contributed by atoms with E-state index in [-0.39, 0.29) is 17.9 Å². The molecule has 2 aliphatic rings. The number of aromatic nitrogens is 2. The summed E-state index contributed by atoms with van der Waals surface area (Å²) in [6.07, 6.45) is 5.31. The van der Waals surface area contributed by atoms with Crippen LogP contribution < -0.4 is 10.6 Å². The van der Waals surface area contributed by atoms with Crippen molar-refractivity contribution in [3.8, 4) is 0 Å². The van der Waals surface area contributed by atoms with E-state index in [4.69, 9.17) is 5.73 Å². The minimum atomic E-state index is -0.0507. The molecule has 3 heterocycles. The molecule has 1 aromatic carbocycles. The number of nitrogens with two attached hydrogens (primary N) is 1. The number of aryl methyl sites for hydroxylation is 1. The number of carbonyl (C=O) groups is 1. The van der Waals surface area contributed by atoms with E-state index in [0.717, 1.165) is 24.7 Å². The van der Waals surface area contributed by atoms with Crippen molar-refractivity contribution in [3.63, 3.8) is 0 Å². The van der Waals surface area contributed by atoms with Crippen molar-refractivity contribution in [2.24, 2.45) is 5.73 Å². The Morgan fingerprint density at radius 1 is 1.11 bits per heavy atom. The zero-order valence-corrected chi connectivity index (χ0v) is 15.8. The Hall–Kier alpha value is -2.47. The summed E-state index contributed by atoms with van der Waals surface area (Å²) >= 11 is 0. The first-order chi connectivity index (χ1) is 13.1. The van der Waals surface area contributed by atoms with E-state index in [1.54, 1.807) is 6.20 Å². The fourth-order valence-electron chi connectivity index (χ4n) is 4.13. The summed E-state index contributed by atoms with van der Waals surface area (Å²) in [6.45, 7) is 5.08. The Bertz CT molecular complexity index is 803. The van der Waals surface area contributed by atoms with Gasteiger partial charge in [0.15, 0.2) is 0 Å². The van der Waals surface area contributed by atoms with Crippen LogP contribution in [0.2, 0.25) is 0 Å². The van der Waals surface area contributed by atoms with Gasteiger partial charge in [0.1, 0.15) is 0 Å². The van der Waals surface area contributed by atoms with Crippen molar-refractivity contribution in [3.05, 3.63) is 53.3 Å². The molecule has 2 aromatic rings. The quantitative estimate of drug-likeness (QED) is 0.904. The fourth-order valence-corrected chi connectivity index (χ4v) is 4.13. The van der Waals surface area contributed by atoms with Crippen LogP contribution in [0.5, 0.6) is 0 Å². The Morgan fingerprint density at radius 3 is 2.56 bits per heavy atom. The minimum absolute atomic E-state index is 0.0217. The van der Waals surface area contributed by atoms with Gasteiger partial charge in [0.05, 0.1) is 11.3 Å². The molecule has 0 spiro atoms. The average Bonchev–Trinajstić information content (AvgIpc) is 3.10. The van der Waals surface area contributed by atoms with Gasteiger partial charge in [0.2, 0.25) is 5.95 Å². The number of anilines is 1. The number of nitrogens with zero attached hydrogens (tertiary/aromatic N) is 4. The van der Waals surface area contributed by atoms with Crippen molar-refractivity contribution in [1.82, 2.24) is 14.9 Å². The molecule has 2 aliphatic heterocycles. The summed E-state index contributed by atoms with van der Waals surface area (Å²) in [5, 5.41) is 0. The van der Waals surface area contributed by atoms with E-state index in [9.17, 15) is 4.79 Å². The molecule has 4 rings (SSSR count). The van der Waals surface area contributed by atoms with Crippen LogP contribution in [0, 0.1) is 6.92 Å². The summed E-state index contributed by atoms with van der Waals surface area (Å²) in [6, 6.07) is 10.1. The zero-order valence-electron chi connectivity index (χ0n) is 15.8. The SMILES string of the molecule is Cc1nc(N2CCCCC2)ncc1C(=O)N1CC(N)C(c2ccccc2)C1. The van der Waals surface area contributed by atoms with Gasteiger partial charge < -0.3 is 15.5 Å². The van der Waals surface area contributed by atoms with Gasteiger partial charge in [-0.3, -0.25) is 4.79 Å². The van der Waals surface area contributed by atoms with Crippen LogP contribution in [0.3, 0.4) is 0 Å². The van der Waals surface area contributed by atoms with Crippen LogP contribution >= 0.6 is 0 Å². The molecule has 2 atom stereocenters. The summed E-state index contributed by atoms with van der Waals surface area (Å²) < 4.78 is 0. The van der Waals surface area contributed by atoms with Gasteiger partial charge in [-0.05, 0) is 31.7 Å². The van der Waals surface area contributed by atoms with Gasteiger partial charge >= 0.3 is 0 Å². The van der Waals surface area contributed by atoms with Gasteiger partial charge in [0, 0.05) is 44.3 Å². The largest absolute Gasteiger partial charge is 0.341 e. The predicted octanol–water partition coefficient (Wildman–Crippen LogP) is 2.34. The maximum atomic E-state index is 13.1. The first-order valence-corrected chi connectivity index (χ1v) is 9.82. The molecule has 1 aromatic heterocycles. The lowest BCUT2D eigenvalue weighted by Crippen LogP contribution is -2.34. The number of hydrogen-bond acceptors (Lipinski definition) is 5. The van der Waals surface area contributed by atoms with Gasteiger partial charge in [-0.1, -0.05) is 30.3 Å². The van der Waals surface area contributed by atoms with Gasteiger partial charge in [-0.2, -0.15) is 0 Å². The van der Waals surface area contributed by atoms with Crippen LogP contribution in [-0.2, 0) is 0 Å². The highest BCUT2D eigenvalue weighted by atomic mass is 16.2. The molecule has 0 bridgehead atoms. The number of likely N-dealkylation sites (tertiary alicyclic amines) is 1. The van der Waals surface area contributed by atoms with E-state index in [2.05, 4.69) is 27.0 Å². The standard InChI is InChI=1S/C21H27N5O/c1-15-17(12-23-21(24-15)25-10-6-3-7-11-25)20(27)26-13-18(19(22)14-26)16-8-4-2-5-9-16/h2,4-5,8-9,12,18-19H,3,6-7,10-11,13-14,22H2,1H3. The molecule has 2 saturated heterocycles. The average molecular weight is 365 g/mol. The van der Waals surface area contributed by atoms with E-state index < -0.39 is 0 Å². The lowest BCUT2D eigenvalue weighted by Gasteiger charge is -2.27.